The third-order valence-electron chi connectivity index (χ3n) is 6.06. The van der Waals surface area contributed by atoms with Crippen molar-refractivity contribution in [1.82, 2.24) is 9.55 Å². The Morgan fingerprint density at radius 1 is 1.36 bits per heavy atom. The Morgan fingerprint density at radius 2 is 2.14 bits per heavy atom. The van der Waals surface area contributed by atoms with Crippen molar-refractivity contribution in [3.05, 3.63) is 29.5 Å². The summed E-state index contributed by atoms with van der Waals surface area (Å²) >= 11 is 0. The van der Waals surface area contributed by atoms with Crippen LogP contribution in [-0.4, -0.2) is 27.7 Å². The van der Waals surface area contributed by atoms with Crippen molar-refractivity contribution in [3.63, 3.8) is 0 Å². The van der Waals surface area contributed by atoms with Crippen molar-refractivity contribution in [2.24, 2.45) is 5.92 Å². The van der Waals surface area contributed by atoms with Gasteiger partial charge < -0.3 is 20.1 Å². The normalized spacial score (nSPS) is 14.9. The number of carboxylic acids is 1. The molecular weight excluding hydrogens is 354 g/mol. The number of nitrogens with zero attached hydrogens (tertiary/aromatic N) is 2. The van der Waals surface area contributed by atoms with E-state index in [1.807, 2.05) is 25.1 Å². The lowest BCUT2D eigenvalue weighted by molar-refractivity contribution is -0.142. The van der Waals surface area contributed by atoms with Crippen LogP contribution in [0.1, 0.15) is 43.9 Å². The van der Waals surface area contributed by atoms with Crippen molar-refractivity contribution in [1.29, 1.82) is 0 Å². The Balaban J connectivity index is 1.93. The standard InChI is InChI=1S/C22H27N3O3/c1-3-13(22(26)27)10-11-25-18-9-8-14(28-2)12-16(18)19-20(23)15-6-4-5-7-17(15)24-21(19)25/h8-9,12-13H,3-7,10-11H2,1-2H3,(H2,23,24)(H,26,27). The van der Waals surface area contributed by atoms with Gasteiger partial charge in [0.2, 0.25) is 0 Å². The number of hydrogen-bond acceptors (Lipinski definition) is 4. The van der Waals surface area contributed by atoms with Crippen LogP contribution in [0.3, 0.4) is 0 Å². The Hall–Kier alpha value is -2.76. The summed E-state index contributed by atoms with van der Waals surface area (Å²) in [5, 5.41) is 11.4. The number of ether oxygens (including phenoxy) is 1. The molecule has 2 aromatic heterocycles. The van der Waals surface area contributed by atoms with Gasteiger partial charge in [0.15, 0.2) is 0 Å². The fraction of sp³-hybridized carbons (Fsp3) is 0.455. The number of methoxy groups -OCH3 is 1. The number of nitrogens with two attached hydrogens (primary N) is 1. The third-order valence-corrected chi connectivity index (χ3v) is 6.06. The summed E-state index contributed by atoms with van der Waals surface area (Å²) in [4.78, 5) is 16.5. The maximum absolute atomic E-state index is 11.5. The van der Waals surface area contributed by atoms with Gasteiger partial charge in [-0.15, -0.1) is 0 Å². The summed E-state index contributed by atoms with van der Waals surface area (Å²) in [7, 11) is 1.66. The van der Waals surface area contributed by atoms with Gasteiger partial charge in [0, 0.05) is 23.3 Å². The van der Waals surface area contributed by atoms with Crippen LogP contribution in [0, 0.1) is 5.92 Å². The maximum atomic E-state index is 11.5. The highest BCUT2D eigenvalue weighted by atomic mass is 16.5. The molecule has 6 heteroatoms. The number of aryl methyl sites for hydroxylation is 2. The SMILES string of the molecule is CCC(CCn1c2ccc(OC)cc2c2c(N)c3c(nc21)CCCC3)C(=O)O. The number of carbonyl (C=O) groups is 1. The van der Waals surface area contributed by atoms with Gasteiger partial charge in [-0.25, -0.2) is 4.98 Å². The molecule has 0 aliphatic heterocycles. The summed E-state index contributed by atoms with van der Waals surface area (Å²) < 4.78 is 7.57. The van der Waals surface area contributed by atoms with Crippen LogP contribution < -0.4 is 10.5 Å². The van der Waals surface area contributed by atoms with Gasteiger partial charge in [0.05, 0.1) is 23.9 Å². The maximum Gasteiger partial charge on any atom is 0.306 e. The molecule has 0 bridgehead atoms. The summed E-state index contributed by atoms with van der Waals surface area (Å²) in [5.41, 5.74) is 11.6. The molecule has 1 aromatic carbocycles. The molecule has 28 heavy (non-hydrogen) atoms. The zero-order valence-corrected chi connectivity index (χ0v) is 16.5. The molecule has 3 N–H and O–H groups in total. The number of carboxylic acid groups (broad SMARTS) is 1. The first kappa shape index (κ1) is 18.6. The Morgan fingerprint density at radius 3 is 2.86 bits per heavy atom. The average molecular weight is 381 g/mol. The van der Waals surface area contributed by atoms with E-state index in [-0.39, 0.29) is 5.92 Å². The Labute approximate surface area is 164 Å². The monoisotopic (exact) mass is 381 g/mol. The van der Waals surface area contributed by atoms with Crippen LogP contribution in [0.15, 0.2) is 18.2 Å². The second-order valence-corrected chi connectivity index (χ2v) is 7.62. The molecule has 0 spiro atoms. The molecule has 3 aromatic rings. The summed E-state index contributed by atoms with van der Waals surface area (Å²) in [6, 6.07) is 5.97. The quantitative estimate of drug-likeness (QED) is 0.669. The molecule has 0 amide bonds. The van der Waals surface area contributed by atoms with E-state index in [9.17, 15) is 9.90 Å². The molecule has 0 saturated carbocycles. The first-order valence-electron chi connectivity index (χ1n) is 10.0. The number of fused-ring (bicyclic) bond motifs is 4. The van der Waals surface area contributed by atoms with E-state index >= 15 is 0 Å². The molecule has 0 saturated heterocycles. The third kappa shape index (κ3) is 2.97. The van der Waals surface area contributed by atoms with Gasteiger partial charge in [-0.2, -0.15) is 0 Å². The highest BCUT2D eigenvalue weighted by molar-refractivity contribution is 6.13. The lowest BCUT2D eigenvalue weighted by Crippen LogP contribution is -2.16. The topological polar surface area (TPSA) is 90.4 Å². The Kier molecular flexibility index (Phi) is 4.87. The predicted molar refractivity (Wildman–Crippen MR) is 111 cm³/mol. The summed E-state index contributed by atoms with van der Waals surface area (Å²) in [6.45, 7) is 2.52. The molecule has 4 rings (SSSR count). The fourth-order valence-electron chi connectivity index (χ4n) is 4.42. The number of pyridine rings is 1. The van der Waals surface area contributed by atoms with Gasteiger partial charge in [-0.1, -0.05) is 6.92 Å². The first-order valence-corrected chi connectivity index (χ1v) is 10.0. The molecule has 2 heterocycles. The molecule has 1 unspecified atom stereocenters. The highest BCUT2D eigenvalue weighted by Gasteiger charge is 2.23. The van der Waals surface area contributed by atoms with Crippen molar-refractivity contribution in [2.75, 3.05) is 12.8 Å². The van der Waals surface area contributed by atoms with E-state index in [0.717, 1.165) is 64.8 Å². The number of nitrogen functional groups attached to an aromatic ring is 1. The van der Waals surface area contributed by atoms with Gasteiger partial charge in [0.25, 0.3) is 0 Å². The molecule has 148 valence electrons. The van der Waals surface area contributed by atoms with Gasteiger partial charge in [-0.05, 0) is 62.3 Å². The number of hydrogen-bond donors (Lipinski definition) is 2. The zero-order valence-electron chi connectivity index (χ0n) is 16.5. The van der Waals surface area contributed by atoms with Crippen LogP contribution in [0.25, 0.3) is 21.9 Å². The molecular formula is C22H27N3O3. The minimum atomic E-state index is -0.741. The second-order valence-electron chi connectivity index (χ2n) is 7.62. The van der Waals surface area contributed by atoms with Crippen molar-refractivity contribution in [3.8, 4) is 5.75 Å². The van der Waals surface area contributed by atoms with Gasteiger partial charge >= 0.3 is 5.97 Å². The van der Waals surface area contributed by atoms with Gasteiger partial charge in [0.1, 0.15) is 11.4 Å². The number of rotatable bonds is 6. The number of aliphatic carboxylic acids is 1. The predicted octanol–water partition coefficient (Wildman–Crippen LogP) is 4.16. The van der Waals surface area contributed by atoms with Gasteiger partial charge in [-0.3, -0.25) is 4.79 Å². The zero-order chi connectivity index (χ0) is 19.8. The first-order chi connectivity index (χ1) is 13.5. The smallest absolute Gasteiger partial charge is 0.306 e. The average Bonchev–Trinajstić information content (AvgIpc) is 3.01. The van der Waals surface area contributed by atoms with Crippen molar-refractivity contribution in [2.45, 2.75) is 52.0 Å². The van der Waals surface area contributed by atoms with Crippen LogP contribution >= 0.6 is 0 Å². The fourth-order valence-corrected chi connectivity index (χ4v) is 4.42. The van der Waals surface area contributed by atoms with Crippen molar-refractivity contribution < 1.29 is 14.6 Å². The van der Waals surface area contributed by atoms with E-state index < -0.39 is 5.97 Å². The highest BCUT2D eigenvalue weighted by Crippen LogP contribution is 2.39. The van der Waals surface area contributed by atoms with E-state index in [2.05, 4.69) is 4.57 Å². The molecule has 1 aliphatic carbocycles. The van der Waals surface area contributed by atoms with Crippen LogP contribution in [-0.2, 0) is 24.2 Å². The molecule has 1 aliphatic rings. The largest absolute Gasteiger partial charge is 0.497 e. The van der Waals surface area contributed by atoms with Crippen molar-refractivity contribution >= 4 is 33.6 Å². The Bertz CT molecular complexity index is 1050. The minimum absolute atomic E-state index is 0.360. The molecule has 1 atom stereocenters. The van der Waals surface area contributed by atoms with Crippen LogP contribution in [0.4, 0.5) is 5.69 Å². The van der Waals surface area contributed by atoms with E-state index in [1.54, 1.807) is 7.11 Å². The molecule has 0 fully saturated rings. The van der Waals surface area contributed by atoms with E-state index in [0.29, 0.717) is 19.4 Å². The van der Waals surface area contributed by atoms with E-state index in [4.69, 9.17) is 15.5 Å². The van der Waals surface area contributed by atoms with Crippen LogP contribution in [0.2, 0.25) is 0 Å². The van der Waals surface area contributed by atoms with E-state index in [1.165, 1.54) is 5.56 Å². The lowest BCUT2D eigenvalue weighted by Gasteiger charge is -2.18. The molecule has 6 nitrogen and oxygen atoms in total. The number of anilines is 1. The summed E-state index contributed by atoms with van der Waals surface area (Å²) in [6.07, 6.45) is 5.38. The number of aromatic nitrogens is 2. The minimum Gasteiger partial charge on any atom is -0.497 e. The summed E-state index contributed by atoms with van der Waals surface area (Å²) in [5.74, 6) is -0.323. The molecule has 0 radical (unpaired) electrons. The van der Waals surface area contributed by atoms with Crippen LogP contribution in [0.5, 0.6) is 5.75 Å². The lowest BCUT2D eigenvalue weighted by atomic mass is 9.93. The second kappa shape index (κ2) is 7.34. The number of benzene rings is 1.